The Morgan fingerprint density at radius 2 is 1.82 bits per heavy atom. The summed E-state index contributed by atoms with van der Waals surface area (Å²) in [6.45, 7) is 1.84. The van der Waals surface area contributed by atoms with E-state index in [0.717, 1.165) is 12.8 Å². The predicted octanol–water partition coefficient (Wildman–Crippen LogP) is 0.902. The third-order valence-electron chi connectivity index (χ3n) is 4.23. The summed E-state index contributed by atoms with van der Waals surface area (Å²) >= 11 is 0. The predicted molar refractivity (Wildman–Crippen MR) is 83.5 cm³/mol. The Balaban J connectivity index is 1.75. The molecule has 1 heterocycles. The van der Waals surface area contributed by atoms with Gasteiger partial charge in [0, 0.05) is 32.1 Å². The zero-order valence-corrected chi connectivity index (χ0v) is 13.3. The van der Waals surface area contributed by atoms with Gasteiger partial charge in [0.2, 0.25) is 15.9 Å². The molecule has 1 aliphatic carbocycles. The van der Waals surface area contributed by atoms with Crippen LogP contribution in [0.1, 0.15) is 19.3 Å². The van der Waals surface area contributed by atoms with Gasteiger partial charge in [-0.25, -0.2) is 8.42 Å². The van der Waals surface area contributed by atoms with E-state index in [2.05, 4.69) is 0 Å². The number of hydrogen-bond donors (Lipinski definition) is 1. The summed E-state index contributed by atoms with van der Waals surface area (Å²) in [5.41, 5.74) is 6.07. The number of amides is 1. The summed E-state index contributed by atoms with van der Waals surface area (Å²) in [6, 6.07) is 6.51. The molecule has 0 atom stereocenters. The summed E-state index contributed by atoms with van der Waals surface area (Å²) < 4.78 is 26.9. The summed E-state index contributed by atoms with van der Waals surface area (Å²) in [6.07, 6.45) is 2.60. The first-order valence-corrected chi connectivity index (χ1v) is 9.07. The molecule has 2 N–H and O–H groups in total. The van der Waals surface area contributed by atoms with Crippen LogP contribution in [0, 0.1) is 5.92 Å². The van der Waals surface area contributed by atoms with Crippen LogP contribution in [0.4, 0.5) is 5.69 Å². The molecule has 0 unspecified atom stereocenters. The van der Waals surface area contributed by atoms with Gasteiger partial charge < -0.3 is 10.6 Å². The average Bonchev–Trinajstić information content (AvgIpc) is 3.33. The molecule has 1 aromatic rings. The first-order valence-electron chi connectivity index (χ1n) is 7.63. The fourth-order valence-corrected chi connectivity index (χ4v) is 4.38. The number of benzene rings is 1. The van der Waals surface area contributed by atoms with E-state index in [1.165, 1.54) is 10.4 Å². The molecule has 1 aliphatic heterocycles. The fourth-order valence-electron chi connectivity index (χ4n) is 2.80. The van der Waals surface area contributed by atoms with E-state index in [-0.39, 0.29) is 22.4 Å². The summed E-state index contributed by atoms with van der Waals surface area (Å²) in [4.78, 5) is 14.1. The highest BCUT2D eigenvalue weighted by atomic mass is 32.2. The lowest BCUT2D eigenvalue weighted by Gasteiger charge is -2.22. The van der Waals surface area contributed by atoms with Crippen molar-refractivity contribution in [3.63, 3.8) is 0 Å². The minimum absolute atomic E-state index is 0.150. The average molecular weight is 323 g/mol. The lowest BCUT2D eigenvalue weighted by atomic mass is 10.3. The Kier molecular flexibility index (Phi) is 4.10. The smallest absolute Gasteiger partial charge is 0.245 e. The number of sulfonamides is 1. The summed E-state index contributed by atoms with van der Waals surface area (Å²) in [5.74, 6) is 0.353. The molecule has 3 rings (SSSR count). The Bertz CT molecular complexity index is 670. The van der Waals surface area contributed by atoms with Crippen molar-refractivity contribution in [2.45, 2.75) is 24.2 Å². The molecular formula is C15H21N3O3S. The fraction of sp³-hybridized carbons (Fsp3) is 0.533. The van der Waals surface area contributed by atoms with E-state index in [1.807, 2.05) is 4.90 Å². The second-order valence-corrected chi connectivity index (χ2v) is 7.80. The highest BCUT2D eigenvalue weighted by Gasteiger charge is 2.35. The molecule has 0 aromatic heterocycles. The Hall–Kier alpha value is -1.60. The SMILES string of the molecule is Nc1ccccc1S(=O)(=O)N1CCCN(C(=O)C2CC2)CC1. The van der Waals surface area contributed by atoms with Crippen LogP contribution in [0.25, 0.3) is 0 Å². The van der Waals surface area contributed by atoms with E-state index >= 15 is 0 Å². The van der Waals surface area contributed by atoms with E-state index in [4.69, 9.17) is 5.73 Å². The second kappa shape index (κ2) is 5.89. The molecule has 120 valence electrons. The van der Waals surface area contributed by atoms with Crippen LogP contribution < -0.4 is 5.73 Å². The number of nitrogens with two attached hydrogens (primary N) is 1. The third kappa shape index (κ3) is 2.96. The lowest BCUT2D eigenvalue weighted by Crippen LogP contribution is -2.38. The quantitative estimate of drug-likeness (QED) is 0.838. The van der Waals surface area contributed by atoms with Crippen molar-refractivity contribution in [2.75, 3.05) is 31.9 Å². The molecule has 6 nitrogen and oxygen atoms in total. The van der Waals surface area contributed by atoms with Crippen molar-refractivity contribution < 1.29 is 13.2 Å². The van der Waals surface area contributed by atoms with Crippen LogP contribution in [0.2, 0.25) is 0 Å². The van der Waals surface area contributed by atoms with Gasteiger partial charge in [0.05, 0.1) is 5.69 Å². The van der Waals surface area contributed by atoms with Crippen molar-refractivity contribution in [3.8, 4) is 0 Å². The van der Waals surface area contributed by atoms with E-state index in [1.54, 1.807) is 18.2 Å². The maximum Gasteiger partial charge on any atom is 0.245 e. The van der Waals surface area contributed by atoms with Crippen LogP contribution in [0.5, 0.6) is 0 Å². The van der Waals surface area contributed by atoms with Crippen molar-refractivity contribution in [2.24, 2.45) is 5.92 Å². The van der Waals surface area contributed by atoms with E-state index < -0.39 is 10.0 Å². The topological polar surface area (TPSA) is 83.7 Å². The molecule has 0 radical (unpaired) electrons. The molecule has 2 aliphatic rings. The first kappa shape index (κ1) is 15.3. The Morgan fingerprint density at radius 1 is 1.09 bits per heavy atom. The highest BCUT2D eigenvalue weighted by molar-refractivity contribution is 7.89. The minimum atomic E-state index is -3.60. The number of carbonyl (C=O) groups excluding carboxylic acids is 1. The molecule has 1 aromatic carbocycles. The largest absolute Gasteiger partial charge is 0.398 e. The molecule has 0 bridgehead atoms. The van der Waals surface area contributed by atoms with Crippen LogP contribution in [-0.2, 0) is 14.8 Å². The van der Waals surface area contributed by atoms with Gasteiger partial charge in [0.25, 0.3) is 0 Å². The summed E-state index contributed by atoms with van der Waals surface area (Å²) in [5, 5.41) is 0. The van der Waals surface area contributed by atoms with Gasteiger partial charge in [0.15, 0.2) is 0 Å². The molecule has 1 saturated carbocycles. The zero-order chi connectivity index (χ0) is 15.7. The summed E-state index contributed by atoms with van der Waals surface area (Å²) in [7, 11) is -3.60. The molecule has 22 heavy (non-hydrogen) atoms. The number of para-hydroxylation sites is 1. The minimum Gasteiger partial charge on any atom is -0.398 e. The molecular weight excluding hydrogens is 302 g/mol. The van der Waals surface area contributed by atoms with E-state index in [9.17, 15) is 13.2 Å². The van der Waals surface area contributed by atoms with Gasteiger partial charge in [0.1, 0.15) is 4.90 Å². The second-order valence-electron chi connectivity index (χ2n) is 5.90. The number of nitrogens with zero attached hydrogens (tertiary/aromatic N) is 2. The normalized spacial score (nSPS) is 20.6. The van der Waals surface area contributed by atoms with Gasteiger partial charge in [-0.15, -0.1) is 0 Å². The third-order valence-corrected chi connectivity index (χ3v) is 6.20. The van der Waals surface area contributed by atoms with Gasteiger partial charge in [-0.2, -0.15) is 4.31 Å². The maximum absolute atomic E-state index is 12.7. The maximum atomic E-state index is 12.7. The number of anilines is 1. The molecule has 2 fully saturated rings. The van der Waals surface area contributed by atoms with Crippen molar-refractivity contribution in [3.05, 3.63) is 24.3 Å². The number of nitrogen functional groups attached to an aromatic ring is 1. The van der Waals surface area contributed by atoms with Gasteiger partial charge in [-0.05, 0) is 31.4 Å². The molecule has 7 heteroatoms. The lowest BCUT2D eigenvalue weighted by molar-refractivity contribution is -0.132. The monoisotopic (exact) mass is 323 g/mol. The number of carbonyl (C=O) groups is 1. The molecule has 0 spiro atoms. The molecule has 1 saturated heterocycles. The highest BCUT2D eigenvalue weighted by Crippen LogP contribution is 2.31. The number of rotatable bonds is 3. The molecule has 1 amide bonds. The van der Waals surface area contributed by atoms with Crippen molar-refractivity contribution in [1.29, 1.82) is 0 Å². The zero-order valence-electron chi connectivity index (χ0n) is 12.4. The van der Waals surface area contributed by atoms with Crippen LogP contribution >= 0.6 is 0 Å². The van der Waals surface area contributed by atoms with Crippen LogP contribution in [0.3, 0.4) is 0 Å². The number of hydrogen-bond acceptors (Lipinski definition) is 4. The van der Waals surface area contributed by atoms with Gasteiger partial charge >= 0.3 is 0 Å². The van der Waals surface area contributed by atoms with Crippen LogP contribution in [-0.4, -0.2) is 49.7 Å². The Labute approximate surface area is 130 Å². The van der Waals surface area contributed by atoms with Crippen molar-refractivity contribution >= 4 is 21.6 Å². The van der Waals surface area contributed by atoms with Gasteiger partial charge in [-0.1, -0.05) is 12.1 Å². The van der Waals surface area contributed by atoms with Gasteiger partial charge in [-0.3, -0.25) is 4.79 Å². The van der Waals surface area contributed by atoms with Crippen molar-refractivity contribution in [1.82, 2.24) is 9.21 Å². The van der Waals surface area contributed by atoms with Crippen LogP contribution in [0.15, 0.2) is 29.2 Å². The first-order chi connectivity index (χ1) is 10.5. The van der Waals surface area contributed by atoms with E-state index in [0.29, 0.717) is 32.6 Å². The Morgan fingerprint density at radius 3 is 2.50 bits per heavy atom. The standard InChI is InChI=1S/C15H21N3O3S/c16-13-4-1-2-5-14(13)22(20,21)18-9-3-8-17(10-11-18)15(19)12-6-7-12/h1-2,4-5,12H,3,6-11,16H2.